The van der Waals surface area contributed by atoms with Crippen LogP contribution in [0.15, 0.2) is 49.1 Å². The maximum Gasteiger partial charge on any atom is 0.485 e. The van der Waals surface area contributed by atoms with Gasteiger partial charge in [-0.05, 0) is 17.5 Å². The summed E-state index contributed by atoms with van der Waals surface area (Å²) in [6.45, 7) is 3.42. The molecule has 2 rings (SSSR count). The van der Waals surface area contributed by atoms with E-state index < -0.39 is 31.3 Å². The van der Waals surface area contributed by atoms with Crippen molar-refractivity contribution >= 4 is 20.2 Å². The summed E-state index contributed by atoms with van der Waals surface area (Å²) in [6, 6.07) is 8.65. The molecule has 40 heavy (non-hydrogen) atoms. The number of nitrogens with one attached hydrogen (secondary N) is 1. The minimum absolute atomic E-state index is 1.14. The van der Waals surface area contributed by atoms with E-state index in [1.807, 2.05) is 12.4 Å². The van der Waals surface area contributed by atoms with Gasteiger partial charge in [0.15, 0.2) is 45.0 Å². The first kappa shape index (κ1) is 37.7. The van der Waals surface area contributed by atoms with E-state index in [9.17, 15) is 26.3 Å². The predicted molar refractivity (Wildman–Crippen MR) is 132 cm³/mol. The molecule has 2 heterocycles. The molecular weight excluding hydrogens is 590 g/mol. The van der Waals surface area contributed by atoms with Crippen LogP contribution in [0.5, 0.6) is 0 Å². The van der Waals surface area contributed by atoms with Gasteiger partial charge in [-0.2, -0.15) is 26.3 Å². The highest BCUT2D eigenvalue weighted by Gasteiger charge is 2.37. The summed E-state index contributed by atoms with van der Waals surface area (Å²) >= 11 is 0. The van der Waals surface area contributed by atoms with E-state index in [2.05, 4.69) is 53.1 Å². The van der Waals surface area contributed by atoms with Gasteiger partial charge < -0.3 is 9.11 Å². The minimum atomic E-state index is -6.09. The summed E-state index contributed by atoms with van der Waals surface area (Å²) in [4.78, 5) is 3.07. The van der Waals surface area contributed by atoms with Crippen LogP contribution in [0.4, 0.5) is 26.3 Å². The van der Waals surface area contributed by atoms with E-state index in [0.717, 1.165) is 6.54 Å². The monoisotopic (exact) mass is 624 g/mol. The Kier molecular flexibility index (Phi) is 17.2. The first-order valence-corrected chi connectivity index (χ1v) is 15.2. The Morgan fingerprint density at radius 2 is 0.975 bits per heavy atom. The van der Waals surface area contributed by atoms with Crippen molar-refractivity contribution in [1.82, 2.24) is 0 Å². The molecule has 0 atom stereocenters. The Labute approximate surface area is 231 Å². The number of aromatic nitrogens is 2. The summed E-state index contributed by atoms with van der Waals surface area (Å²) in [5.41, 5.74) is -8.75. The number of halogens is 6. The molecular formula is C24H34F6N2O6S2. The van der Waals surface area contributed by atoms with E-state index in [1.165, 1.54) is 75.3 Å². The molecule has 0 radical (unpaired) electrons. The highest BCUT2D eigenvalue weighted by Crippen LogP contribution is 2.21. The van der Waals surface area contributed by atoms with Crippen LogP contribution >= 0.6 is 0 Å². The summed E-state index contributed by atoms with van der Waals surface area (Å²) in [6.07, 6.45) is 22.3. The van der Waals surface area contributed by atoms with Gasteiger partial charge in [0.25, 0.3) is 0 Å². The van der Waals surface area contributed by atoms with Crippen molar-refractivity contribution in [3.8, 4) is 11.1 Å². The van der Waals surface area contributed by atoms with Crippen LogP contribution in [0.1, 0.15) is 71.1 Å². The Balaban J connectivity index is 0.000000780. The molecule has 0 aromatic carbocycles. The second-order valence-corrected chi connectivity index (χ2v) is 11.3. The second-order valence-electron chi connectivity index (χ2n) is 8.60. The molecule has 0 saturated heterocycles. The van der Waals surface area contributed by atoms with Crippen LogP contribution in [-0.2, 0) is 26.8 Å². The Morgan fingerprint density at radius 3 is 1.32 bits per heavy atom. The maximum atomic E-state index is 10.7. The van der Waals surface area contributed by atoms with Gasteiger partial charge in [0, 0.05) is 30.7 Å². The molecule has 230 valence electrons. The first-order chi connectivity index (χ1) is 18.4. The average Bonchev–Trinajstić information content (AvgIpc) is 2.84. The summed E-state index contributed by atoms with van der Waals surface area (Å²) in [5, 5.41) is 0. The third-order valence-corrected chi connectivity index (χ3v) is 6.41. The number of unbranched alkanes of at least 4 members (excludes halogenated alkanes) is 9. The van der Waals surface area contributed by atoms with Crippen LogP contribution < -0.4 is 9.55 Å². The second kappa shape index (κ2) is 18.2. The molecule has 0 bridgehead atoms. The Hall–Kier alpha value is -2.30. The zero-order chi connectivity index (χ0) is 30.9. The molecule has 16 heteroatoms. The first-order valence-electron chi connectivity index (χ1n) is 12.4. The van der Waals surface area contributed by atoms with Crippen molar-refractivity contribution in [3.05, 3.63) is 49.1 Å². The predicted octanol–water partition coefficient (Wildman–Crippen LogP) is 5.48. The maximum absolute atomic E-state index is 10.7. The van der Waals surface area contributed by atoms with Gasteiger partial charge in [-0.3, -0.25) is 0 Å². The van der Waals surface area contributed by atoms with Crippen molar-refractivity contribution in [3.63, 3.8) is 0 Å². The van der Waals surface area contributed by atoms with Crippen LogP contribution in [0, 0.1) is 0 Å². The number of H-pyrrole nitrogens is 1. The molecule has 8 nitrogen and oxygen atoms in total. The molecule has 2 aromatic rings. The van der Waals surface area contributed by atoms with Crippen molar-refractivity contribution in [2.75, 3.05) is 0 Å². The summed E-state index contributed by atoms with van der Waals surface area (Å²) in [7, 11) is -12.2. The zero-order valence-electron chi connectivity index (χ0n) is 21.9. The standard InChI is InChI=1S/C22H33N2.2CHF3O3S/c1-2-3-4-5-6-7-8-9-10-11-18-24-19-14-22(15-20-24)21-12-16-23-17-13-21;2*2-1(3,4)8(5,6)7/h12-17,19-20H,2-11,18H2,1H3;2*(H,5,6,7)/q+1;;/p-1. The molecule has 0 fully saturated rings. The van der Waals surface area contributed by atoms with Gasteiger partial charge in [-0.1, -0.05) is 58.3 Å². The van der Waals surface area contributed by atoms with E-state index in [0.29, 0.717) is 0 Å². The lowest BCUT2D eigenvalue weighted by Gasteiger charge is -2.08. The van der Waals surface area contributed by atoms with Crippen molar-refractivity contribution < 1.29 is 61.8 Å². The third-order valence-electron chi connectivity index (χ3n) is 5.28. The Morgan fingerprint density at radius 1 is 0.650 bits per heavy atom. The van der Waals surface area contributed by atoms with E-state index in [-0.39, 0.29) is 0 Å². The molecule has 0 aliphatic rings. The largest absolute Gasteiger partial charge is 0.741 e. The van der Waals surface area contributed by atoms with Crippen molar-refractivity contribution in [2.45, 2.75) is 88.7 Å². The quantitative estimate of drug-likeness (QED) is 0.101. The lowest BCUT2D eigenvalue weighted by molar-refractivity contribution is -0.697. The fourth-order valence-electron chi connectivity index (χ4n) is 3.16. The van der Waals surface area contributed by atoms with Crippen LogP contribution in [0.3, 0.4) is 0 Å². The molecule has 0 saturated carbocycles. The van der Waals surface area contributed by atoms with Crippen LogP contribution in [-0.4, -0.2) is 37.0 Å². The lowest BCUT2D eigenvalue weighted by atomic mass is 10.1. The summed E-state index contributed by atoms with van der Waals surface area (Å²) < 4.78 is 120. The zero-order valence-corrected chi connectivity index (χ0v) is 23.5. The van der Waals surface area contributed by atoms with Crippen LogP contribution in [0.25, 0.3) is 11.1 Å². The highest BCUT2D eigenvalue weighted by atomic mass is 32.2. The molecule has 0 unspecified atom stereocenters. The highest BCUT2D eigenvalue weighted by molar-refractivity contribution is 7.86. The number of nitrogens with zero attached hydrogens (tertiary/aromatic N) is 1. The van der Waals surface area contributed by atoms with Gasteiger partial charge in [0.1, 0.15) is 6.54 Å². The number of hydrogen-bond donors (Lipinski definition) is 0. The Bertz CT molecular complexity index is 1120. The number of aromatic amines is 1. The molecule has 2 aromatic heterocycles. The van der Waals surface area contributed by atoms with E-state index in [4.69, 9.17) is 25.9 Å². The van der Waals surface area contributed by atoms with Gasteiger partial charge in [-0.15, -0.1) is 0 Å². The topological polar surface area (TPSA) is 132 Å². The van der Waals surface area contributed by atoms with E-state index >= 15 is 0 Å². The smallest absolute Gasteiger partial charge is 0.485 e. The molecule has 0 aliphatic carbocycles. The molecule has 1 N–H and O–H groups in total. The third kappa shape index (κ3) is 17.4. The van der Waals surface area contributed by atoms with Gasteiger partial charge in [-0.25, -0.2) is 26.4 Å². The normalized spacial score (nSPS) is 12.1. The van der Waals surface area contributed by atoms with Gasteiger partial charge in [0.2, 0.25) is 0 Å². The molecule has 0 aliphatic heterocycles. The number of pyridine rings is 2. The minimum Gasteiger partial charge on any atom is -0.741 e. The number of alkyl halides is 6. The molecule has 0 amide bonds. The van der Waals surface area contributed by atoms with Gasteiger partial charge >= 0.3 is 11.0 Å². The van der Waals surface area contributed by atoms with E-state index in [1.54, 1.807) is 0 Å². The van der Waals surface area contributed by atoms with Crippen molar-refractivity contribution in [2.24, 2.45) is 0 Å². The summed E-state index contributed by atoms with van der Waals surface area (Å²) in [5.74, 6) is 0. The number of rotatable bonds is 12. The fraction of sp³-hybridized carbons (Fsp3) is 0.583. The molecule has 0 spiro atoms. The number of aryl methyl sites for hydroxylation is 1. The van der Waals surface area contributed by atoms with Crippen LogP contribution in [0.2, 0.25) is 0 Å². The average molecular weight is 625 g/mol. The number of hydrogen-bond acceptors (Lipinski definition) is 6. The van der Waals surface area contributed by atoms with Gasteiger partial charge in [0.05, 0.1) is 0 Å². The van der Waals surface area contributed by atoms with Crippen molar-refractivity contribution in [1.29, 1.82) is 0 Å². The fourth-order valence-corrected chi connectivity index (χ4v) is 3.16. The lowest BCUT2D eigenvalue weighted by Crippen LogP contribution is -2.32. The SMILES string of the molecule is CCCCCCCCCCCC[n+]1ccc(-c2cc[nH+]cc2)cc1.O=S(=O)([O-])C(F)(F)F.O=S(=O)([O-])C(F)(F)F.